The van der Waals surface area contributed by atoms with Gasteiger partial charge in [-0.3, -0.25) is 0 Å². The third kappa shape index (κ3) is 4.03. The summed E-state index contributed by atoms with van der Waals surface area (Å²) in [6.45, 7) is 8.53. The smallest absolute Gasteiger partial charge is 0.0295 e. The van der Waals surface area contributed by atoms with Crippen molar-refractivity contribution in [3.63, 3.8) is 0 Å². The summed E-state index contributed by atoms with van der Waals surface area (Å²) in [7, 11) is 0. The maximum absolute atomic E-state index is 5.35. The van der Waals surface area contributed by atoms with Crippen LogP contribution in [0.15, 0.2) is 12.8 Å². The molecule has 2 nitrogen and oxygen atoms in total. The molecule has 0 aliphatic carbocycles. The van der Waals surface area contributed by atoms with Gasteiger partial charge >= 0.3 is 0 Å². The highest BCUT2D eigenvalue weighted by Crippen LogP contribution is 1.88. The first-order chi connectivity index (χ1) is 4.35. The second-order valence-corrected chi connectivity index (χ2v) is 2.01. The van der Waals surface area contributed by atoms with Crippen molar-refractivity contribution < 1.29 is 0 Å². The van der Waals surface area contributed by atoms with Crippen LogP contribution >= 0.6 is 0 Å². The number of nitrogens with zero attached hydrogens (tertiary/aromatic N) is 1. The van der Waals surface area contributed by atoms with Gasteiger partial charge in [0.2, 0.25) is 0 Å². The topological polar surface area (TPSA) is 29.3 Å². The van der Waals surface area contributed by atoms with Gasteiger partial charge in [-0.25, -0.2) is 0 Å². The van der Waals surface area contributed by atoms with Gasteiger partial charge in [0.15, 0.2) is 0 Å². The van der Waals surface area contributed by atoms with Crippen LogP contribution < -0.4 is 5.73 Å². The van der Waals surface area contributed by atoms with Gasteiger partial charge in [0, 0.05) is 19.6 Å². The summed E-state index contributed by atoms with van der Waals surface area (Å²) in [4.78, 5) is 2.12. The van der Waals surface area contributed by atoms with Gasteiger partial charge in [-0.05, 0) is 12.6 Å². The van der Waals surface area contributed by atoms with Crippen LogP contribution in [0.25, 0.3) is 0 Å². The summed E-state index contributed by atoms with van der Waals surface area (Å²) in [6, 6.07) is 0. The first kappa shape index (κ1) is 8.50. The van der Waals surface area contributed by atoms with E-state index in [0.29, 0.717) is 6.54 Å². The first-order valence-electron chi connectivity index (χ1n) is 3.41. The minimum absolute atomic E-state index is 0.714. The van der Waals surface area contributed by atoms with E-state index in [-0.39, 0.29) is 0 Å². The van der Waals surface area contributed by atoms with Crippen molar-refractivity contribution in [2.45, 2.75) is 13.3 Å². The van der Waals surface area contributed by atoms with E-state index in [0.717, 1.165) is 19.5 Å². The summed E-state index contributed by atoms with van der Waals surface area (Å²) in [5.41, 5.74) is 5.35. The highest BCUT2D eigenvalue weighted by molar-refractivity contribution is 4.69. The molecule has 0 aliphatic rings. The average molecular weight is 128 g/mol. The highest BCUT2D eigenvalue weighted by atomic mass is 15.1. The monoisotopic (exact) mass is 128 g/mol. The van der Waals surface area contributed by atoms with Crippen molar-refractivity contribution >= 4 is 0 Å². The zero-order valence-electron chi connectivity index (χ0n) is 6.14. The minimum atomic E-state index is 0.714. The second kappa shape index (κ2) is 5.63. The molecule has 0 saturated carbocycles. The molecule has 0 unspecified atom stereocenters. The molecule has 0 bridgehead atoms. The van der Waals surface area contributed by atoms with Gasteiger partial charge in [0.25, 0.3) is 0 Å². The van der Waals surface area contributed by atoms with E-state index in [1.54, 1.807) is 0 Å². The molecule has 0 heterocycles. The fourth-order valence-electron chi connectivity index (χ4n) is 0.747. The highest BCUT2D eigenvalue weighted by Gasteiger charge is 1.91. The molecule has 0 aliphatic heterocycles. The fourth-order valence-corrected chi connectivity index (χ4v) is 0.747. The number of rotatable bonds is 5. The Balaban J connectivity index is 3.29. The molecule has 0 saturated heterocycles. The molecule has 54 valence electrons. The fraction of sp³-hybridized carbons (Fsp3) is 0.714. The molecule has 0 radical (unpaired) electrons. The van der Waals surface area contributed by atoms with Crippen LogP contribution in [0.4, 0.5) is 0 Å². The molecular weight excluding hydrogens is 112 g/mol. The molecule has 0 spiro atoms. The lowest BCUT2D eigenvalue weighted by molar-refractivity contribution is 0.386. The van der Waals surface area contributed by atoms with Crippen LogP contribution in [0.3, 0.4) is 0 Å². The van der Waals surface area contributed by atoms with Crippen molar-refractivity contribution in [1.82, 2.24) is 4.90 Å². The molecule has 0 rings (SSSR count). The Morgan fingerprint density at radius 2 is 2.22 bits per heavy atom. The Labute approximate surface area is 57.3 Å². The van der Waals surface area contributed by atoms with Crippen LogP contribution in [0.1, 0.15) is 13.3 Å². The Hall–Kier alpha value is -0.500. The largest absolute Gasteiger partial charge is 0.377 e. The summed E-state index contributed by atoms with van der Waals surface area (Å²) >= 11 is 0. The van der Waals surface area contributed by atoms with Crippen molar-refractivity contribution in [3.8, 4) is 0 Å². The van der Waals surface area contributed by atoms with E-state index in [1.807, 2.05) is 6.20 Å². The predicted octanol–water partition coefficient (Wildman–Crippen LogP) is 0.801. The van der Waals surface area contributed by atoms with Gasteiger partial charge in [0.05, 0.1) is 0 Å². The third-order valence-corrected chi connectivity index (χ3v) is 1.19. The molecule has 0 aromatic carbocycles. The quantitative estimate of drug-likeness (QED) is 0.593. The molecular formula is C7H16N2. The lowest BCUT2D eigenvalue weighted by Crippen LogP contribution is -2.24. The number of nitrogens with two attached hydrogens (primary N) is 1. The van der Waals surface area contributed by atoms with Crippen molar-refractivity contribution in [2.75, 3.05) is 19.6 Å². The molecule has 0 amide bonds. The Kier molecular flexibility index (Phi) is 5.32. The maximum Gasteiger partial charge on any atom is 0.0295 e. The van der Waals surface area contributed by atoms with Gasteiger partial charge < -0.3 is 10.6 Å². The summed E-state index contributed by atoms with van der Waals surface area (Å²) in [6.07, 6.45) is 3.00. The number of hydrogen-bond acceptors (Lipinski definition) is 2. The Morgan fingerprint density at radius 1 is 1.56 bits per heavy atom. The predicted molar refractivity (Wildman–Crippen MR) is 41.1 cm³/mol. The molecule has 2 N–H and O–H groups in total. The second-order valence-electron chi connectivity index (χ2n) is 2.01. The van der Waals surface area contributed by atoms with E-state index in [1.165, 1.54) is 0 Å². The average Bonchev–Trinajstić information content (AvgIpc) is 1.88. The third-order valence-electron chi connectivity index (χ3n) is 1.19. The van der Waals surface area contributed by atoms with Crippen LogP contribution in [0, 0.1) is 0 Å². The van der Waals surface area contributed by atoms with E-state index in [2.05, 4.69) is 18.4 Å². The van der Waals surface area contributed by atoms with E-state index < -0.39 is 0 Å². The van der Waals surface area contributed by atoms with E-state index in [4.69, 9.17) is 5.73 Å². The first-order valence-corrected chi connectivity index (χ1v) is 3.41. The van der Waals surface area contributed by atoms with Gasteiger partial charge in [0.1, 0.15) is 0 Å². The molecule has 0 aromatic heterocycles. The number of hydrogen-bond donors (Lipinski definition) is 1. The zero-order chi connectivity index (χ0) is 7.11. The zero-order valence-corrected chi connectivity index (χ0v) is 6.14. The van der Waals surface area contributed by atoms with Crippen molar-refractivity contribution in [2.24, 2.45) is 5.73 Å². The lowest BCUT2D eigenvalue weighted by atomic mass is 10.4. The molecule has 9 heavy (non-hydrogen) atoms. The minimum Gasteiger partial charge on any atom is -0.377 e. The van der Waals surface area contributed by atoms with E-state index >= 15 is 0 Å². The summed E-state index contributed by atoms with van der Waals surface area (Å²) in [5.74, 6) is 0. The normalized spacial score (nSPS) is 9.11. The van der Waals surface area contributed by atoms with Gasteiger partial charge in [-0.2, -0.15) is 0 Å². The van der Waals surface area contributed by atoms with Crippen LogP contribution in [0.5, 0.6) is 0 Å². The molecule has 2 heteroatoms. The molecule has 0 aromatic rings. The molecule has 0 atom stereocenters. The van der Waals surface area contributed by atoms with Crippen molar-refractivity contribution in [3.05, 3.63) is 12.8 Å². The summed E-state index contributed by atoms with van der Waals surface area (Å²) < 4.78 is 0. The van der Waals surface area contributed by atoms with Gasteiger partial charge in [-0.15, -0.1) is 0 Å². The van der Waals surface area contributed by atoms with E-state index in [9.17, 15) is 0 Å². The van der Waals surface area contributed by atoms with Crippen molar-refractivity contribution in [1.29, 1.82) is 0 Å². The lowest BCUT2D eigenvalue weighted by Gasteiger charge is -2.16. The SMILES string of the molecule is C=CN(CCC)CCN. The Morgan fingerprint density at radius 3 is 2.56 bits per heavy atom. The Bertz CT molecular complexity index is 65.3. The summed E-state index contributed by atoms with van der Waals surface area (Å²) in [5, 5.41) is 0. The van der Waals surface area contributed by atoms with Gasteiger partial charge in [-0.1, -0.05) is 13.5 Å². The van der Waals surface area contributed by atoms with Crippen LogP contribution in [-0.4, -0.2) is 24.5 Å². The maximum atomic E-state index is 5.35. The van der Waals surface area contributed by atoms with Crippen LogP contribution in [-0.2, 0) is 0 Å². The van der Waals surface area contributed by atoms with Crippen LogP contribution in [0.2, 0.25) is 0 Å². The molecule has 0 fully saturated rings. The standard InChI is InChI=1S/C7H16N2/c1-3-6-9(4-2)7-5-8/h4H,2-3,5-8H2,1H3.